The van der Waals surface area contributed by atoms with E-state index in [4.69, 9.17) is 9.47 Å². The Labute approximate surface area is 148 Å². The first-order chi connectivity index (χ1) is 12.2. The molecule has 0 bridgehead atoms. The zero-order valence-electron chi connectivity index (χ0n) is 14.7. The first-order valence-corrected chi connectivity index (χ1v) is 9.00. The second kappa shape index (κ2) is 8.87. The number of rotatable bonds is 8. The van der Waals surface area contributed by atoms with Crippen LogP contribution in [0, 0.1) is 0 Å². The van der Waals surface area contributed by atoms with E-state index in [1.54, 1.807) is 6.20 Å². The molecule has 2 atom stereocenters. The van der Waals surface area contributed by atoms with E-state index in [9.17, 15) is 5.11 Å². The molecule has 1 aromatic carbocycles. The standard InChI is InChI=1S/C19H27N3O3/c1-2-24-17-5-7-18(8-6-17)25-14-16(23)13-22-11-3-4-15(12-22)19-20-9-10-21-19/h5-10,15-16,23H,2-4,11-14H2,1H3,(H,20,21). The Balaban J connectivity index is 1.43. The van der Waals surface area contributed by atoms with Gasteiger partial charge in [-0.25, -0.2) is 4.98 Å². The highest BCUT2D eigenvalue weighted by Gasteiger charge is 2.24. The lowest BCUT2D eigenvalue weighted by Gasteiger charge is -2.33. The van der Waals surface area contributed by atoms with Crippen LogP contribution in [0.5, 0.6) is 11.5 Å². The molecule has 2 N–H and O–H groups in total. The number of hydrogen-bond acceptors (Lipinski definition) is 5. The van der Waals surface area contributed by atoms with Crippen LogP contribution in [0.3, 0.4) is 0 Å². The van der Waals surface area contributed by atoms with Gasteiger partial charge in [0.25, 0.3) is 0 Å². The van der Waals surface area contributed by atoms with Crippen LogP contribution >= 0.6 is 0 Å². The molecule has 1 fully saturated rings. The summed E-state index contributed by atoms with van der Waals surface area (Å²) < 4.78 is 11.1. The van der Waals surface area contributed by atoms with E-state index < -0.39 is 6.10 Å². The maximum absolute atomic E-state index is 10.3. The fourth-order valence-corrected chi connectivity index (χ4v) is 3.29. The number of hydrogen-bond donors (Lipinski definition) is 2. The van der Waals surface area contributed by atoms with Crippen molar-refractivity contribution in [3.05, 3.63) is 42.5 Å². The average molecular weight is 345 g/mol. The lowest BCUT2D eigenvalue weighted by Crippen LogP contribution is -2.41. The number of aliphatic hydroxyl groups is 1. The topological polar surface area (TPSA) is 70.6 Å². The molecule has 1 saturated heterocycles. The third kappa shape index (κ3) is 5.21. The highest BCUT2D eigenvalue weighted by atomic mass is 16.5. The van der Waals surface area contributed by atoms with Gasteiger partial charge in [0.1, 0.15) is 30.0 Å². The second-order valence-corrected chi connectivity index (χ2v) is 6.44. The van der Waals surface area contributed by atoms with Crippen LogP contribution in [0.15, 0.2) is 36.7 Å². The van der Waals surface area contributed by atoms with E-state index >= 15 is 0 Å². The molecule has 136 valence electrons. The minimum Gasteiger partial charge on any atom is -0.494 e. The molecule has 1 aromatic heterocycles. The van der Waals surface area contributed by atoms with Crippen molar-refractivity contribution < 1.29 is 14.6 Å². The van der Waals surface area contributed by atoms with Crippen molar-refractivity contribution in [2.75, 3.05) is 32.8 Å². The van der Waals surface area contributed by atoms with Gasteiger partial charge in [-0.05, 0) is 50.6 Å². The van der Waals surface area contributed by atoms with Crippen LogP contribution in [0.4, 0.5) is 0 Å². The molecule has 3 rings (SSSR count). The smallest absolute Gasteiger partial charge is 0.119 e. The van der Waals surface area contributed by atoms with E-state index in [-0.39, 0.29) is 6.61 Å². The van der Waals surface area contributed by atoms with Crippen molar-refractivity contribution in [1.82, 2.24) is 14.9 Å². The summed E-state index contributed by atoms with van der Waals surface area (Å²) in [5, 5.41) is 10.3. The Bertz CT molecular complexity index is 615. The molecule has 0 aliphatic carbocycles. The Morgan fingerprint density at radius 3 is 2.72 bits per heavy atom. The molecule has 2 heterocycles. The molecule has 6 heteroatoms. The van der Waals surface area contributed by atoms with E-state index in [2.05, 4.69) is 14.9 Å². The molecule has 0 spiro atoms. The Kier molecular flexibility index (Phi) is 6.30. The van der Waals surface area contributed by atoms with Gasteiger partial charge < -0.3 is 19.6 Å². The number of benzene rings is 1. The maximum Gasteiger partial charge on any atom is 0.119 e. The van der Waals surface area contributed by atoms with Crippen LogP contribution in [0.25, 0.3) is 0 Å². The third-order valence-corrected chi connectivity index (χ3v) is 4.46. The molecule has 25 heavy (non-hydrogen) atoms. The van der Waals surface area contributed by atoms with E-state index in [0.29, 0.717) is 19.1 Å². The first kappa shape index (κ1) is 17.8. The number of ether oxygens (including phenoxy) is 2. The number of piperidine rings is 1. The SMILES string of the molecule is CCOc1ccc(OCC(O)CN2CCCC(c3ncc[nH]3)C2)cc1. The van der Waals surface area contributed by atoms with Gasteiger partial charge in [0.2, 0.25) is 0 Å². The third-order valence-electron chi connectivity index (χ3n) is 4.46. The summed E-state index contributed by atoms with van der Waals surface area (Å²) in [4.78, 5) is 9.87. The Hall–Kier alpha value is -2.05. The molecular weight excluding hydrogens is 318 g/mol. The van der Waals surface area contributed by atoms with Crippen molar-refractivity contribution in [3.63, 3.8) is 0 Å². The number of aliphatic hydroxyl groups excluding tert-OH is 1. The van der Waals surface area contributed by atoms with Crippen molar-refractivity contribution >= 4 is 0 Å². The van der Waals surface area contributed by atoms with Gasteiger partial charge in [-0.1, -0.05) is 0 Å². The van der Waals surface area contributed by atoms with E-state index in [1.807, 2.05) is 37.4 Å². The summed E-state index contributed by atoms with van der Waals surface area (Å²) in [6, 6.07) is 7.49. The highest BCUT2D eigenvalue weighted by molar-refractivity contribution is 5.31. The monoisotopic (exact) mass is 345 g/mol. The summed E-state index contributed by atoms with van der Waals surface area (Å²) >= 11 is 0. The van der Waals surface area contributed by atoms with E-state index in [1.165, 1.54) is 0 Å². The second-order valence-electron chi connectivity index (χ2n) is 6.44. The summed E-state index contributed by atoms with van der Waals surface area (Å²) in [6.45, 7) is 5.45. The zero-order valence-corrected chi connectivity index (χ0v) is 14.7. The van der Waals surface area contributed by atoms with Crippen LogP contribution in [0.2, 0.25) is 0 Å². The Morgan fingerprint density at radius 2 is 2.04 bits per heavy atom. The van der Waals surface area contributed by atoms with Gasteiger partial charge in [0, 0.05) is 31.4 Å². The predicted molar refractivity (Wildman–Crippen MR) is 96.1 cm³/mol. The number of imidazole rings is 1. The minimum absolute atomic E-state index is 0.288. The molecule has 0 amide bonds. The van der Waals surface area contributed by atoms with Crippen molar-refractivity contribution in [2.45, 2.75) is 31.8 Å². The van der Waals surface area contributed by atoms with Gasteiger partial charge in [-0.3, -0.25) is 4.90 Å². The van der Waals surface area contributed by atoms with Crippen molar-refractivity contribution in [1.29, 1.82) is 0 Å². The normalized spacial score (nSPS) is 19.5. The van der Waals surface area contributed by atoms with Gasteiger partial charge in [0.05, 0.1) is 6.61 Å². The average Bonchev–Trinajstić information content (AvgIpc) is 3.16. The van der Waals surface area contributed by atoms with E-state index in [0.717, 1.165) is 43.3 Å². The molecule has 1 aliphatic heterocycles. The van der Waals surface area contributed by atoms with Crippen molar-refractivity contribution in [2.24, 2.45) is 0 Å². The van der Waals surface area contributed by atoms with Crippen LogP contribution in [-0.2, 0) is 0 Å². The number of nitrogens with zero attached hydrogens (tertiary/aromatic N) is 2. The van der Waals surface area contributed by atoms with Gasteiger partial charge >= 0.3 is 0 Å². The van der Waals surface area contributed by atoms with Gasteiger partial charge in [-0.15, -0.1) is 0 Å². The number of aromatic nitrogens is 2. The Morgan fingerprint density at radius 1 is 1.28 bits per heavy atom. The number of aromatic amines is 1. The quantitative estimate of drug-likeness (QED) is 0.769. The van der Waals surface area contributed by atoms with Crippen molar-refractivity contribution in [3.8, 4) is 11.5 Å². The summed E-state index contributed by atoms with van der Waals surface area (Å²) in [5.74, 6) is 3.04. The number of β-amino-alcohol motifs (C(OH)–C–C–N with tert-alkyl or cyclic N) is 1. The van der Waals surface area contributed by atoms with Gasteiger partial charge in [0.15, 0.2) is 0 Å². The molecular formula is C19H27N3O3. The molecule has 2 unspecified atom stereocenters. The zero-order chi connectivity index (χ0) is 17.5. The summed E-state index contributed by atoms with van der Waals surface area (Å²) in [6.07, 6.45) is 5.42. The predicted octanol–water partition coefficient (Wildman–Crippen LogP) is 2.43. The molecule has 2 aromatic rings. The first-order valence-electron chi connectivity index (χ1n) is 9.00. The minimum atomic E-state index is -0.512. The molecule has 0 saturated carbocycles. The maximum atomic E-state index is 10.3. The molecule has 1 aliphatic rings. The molecule has 6 nitrogen and oxygen atoms in total. The van der Waals surface area contributed by atoms with Gasteiger partial charge in [-0.2, -0.15) is 0 Å². The summed E-state index contributed by atoms with van der Waals surface area (Å²) in [5.41, 5.74) is 0. The number of nitrogens with one attached hydrogen (secondary N) is 1. The van der Waals surface area contributed by atoms with Crippen LogP contribution in [-0.4, -0.2) is 58.9 Å². The fraction of sp³-hybridized carbons (Fsp3) is 0.526. The number of H-pyrrole nitrogens is 1. The van der Waals surface area contributed by atoms with Crippen LogP contribution < -0.4 is 9.47 Å². The largest absolute Gasteiger partial charge is 0.494 e. The summed E-state index contributed by atoms with van der Waals surface area (Å²) in [7, 11) is 0. The molecule has 0 radical (unpaired) electrons. The van der Waals surface area contributed by atoms with Crippen LogP contribution in [0.1, 0.15) is 31.5 Å². The lowest BCUT2D eigenvalue weighted by atomic mass is 9.97. The highest BCUT2D eigenvalue weighted by Crippen LogP contribution is 2.24. The lowest BCUT2D eigenvalue weighted by molar-refractivity contribution is 0.0578. The number of likely N-dealkylation sites (tertiary alicyclic amines) is 1. The fourth-order valence-electron chi connectivity index (χ4n) is 3.29.